The van der Waals surface area contributed by atoms with Crippen molar-refractivity contribution in [1.82, 2.24) is 10.2 Å². The summed E-state index contributed by atoms with van der Waals surface area (Å²) in [5.74, 6) is -1.69. The number of hydrogen-bond donors (Lipinski definition) is 2. The summed E-state index contributed by atoms with van der Waals surface area (Å²) in [5.41, 5.74) is 0.591. The van der Waals surface area contributed by atoms with Crippen LogP contribution in [0.2, 0.25) is 0 Å². The predicted molar refractivity (Wildman–Crippen MR) is 78.1 cm³/mol. The summed E-state index contributed by atoms with van der Waals surface area (Å²) in [6.45, 7) is 2.82. The smallest absolute Gasteiger partial charge is 0.308 e. The predicted octanol–water partition coefficient (Wildman–Crippen LogP) is 1.05. The van der Waals surface area contributed by atoms with Gasteiger partial charge in [-0.1, -0.05) is 6.92 Å². The van der Waals surface area contributed by atoms with Gasteiger partial charge in [0.05, 0.1) is 5.92 Å². The van der Waals surface area contributed by atoms with Crippen molar-refractivity contribution in [2.75, 3.05) is 19.6 Å². The van der Waals surface area contributed by atoms with E-state index < -0.39 is 11.9 Å². The van der Waals surface area contributed by atoms with Gasteiger partial charge in [-0.3, -0.25) is 14.4 Å². The van der Waals surface area contributed by atoms with Gasteiger partial charge in [-0.2, -0.15) is 11.3 Å². The molecule has 1 saturated heterocycles. The minimum Gasteiger partial charge on any atom is -0.481 e. The molecule has 7 heteroatoms. The second-order valence-electron chi connectivity index (χ2n) is 5.24. The number of nitrogens with one attached hydrogen (secondary N) is 1. The van der Waals surface area contributed by atoms with E-state index in [-0.39, 0.29) is 37.2 Å². The minimum absolute atomic E-state index is 0.0353. The summed E-state index contributed by atoms with van der Waals surface area (Å²) in [7, 11) is 0. The number of carbonyl (C=O) groups is 3. The molecular weight excluding hydrogens is 292 g/mol. The fourth-order valence-electron chi connectivity index (χ4n) is 2.43. The van der Waals surface area contributed by atoms with Crippen molar-refractivity contribution in [3.8, 4) is 0 Å². The van der Waals surface area contributed by atoms with Crippen LogP contribution in [-0.4, -0.2) is 47.4 Å². The van der Waals surface area contributed by atoms with Gasteiger partial charge >= 0.3 is 5.97 Å². The van der Waals surface area contributed by atoms with Crippen LogP contribution >= 0.6 is 11.3 Å². The average Bonchev–Trinajstić information content (AvgIpc) is 3.07. The fourth-order valence-corrected chi connectivity index (χ4v) is 3.06. The highest BCUT2D eigenvalue weighted by molar-refractivity contribution is 7.08. The maximum atomic E-state index is 12.0. The third-order valence-electron chi connectivity index (χ3n) is 3.69. The molecule has 0 aliphatic carbocycles. The molecule has 2 amide bonds. The summed E-state index contributed by atoms with van der Waals surface area (Å²) < 4.78 is 0. The van der Waals surface area contributed by atoms with E-state index in [0.29, 0.717) is 12.1 Å². The Hall–Kier alpha value is -1.89. The molecule has 0 saturated carbocycles. The quantitative estimate of drug-likeness (QED) is 0.851. The van der Waals surface area contributed by atoms with Gasteiger partial charge in [-0.15, -0.1) is 0 Å². The van der Waals surface area contributed by atoms with E-state index >= 15 is 0 Å². The normalized spacial score (nSPS) is 21.3. The molecule has 1 fully saturated rings. The van der Waals surface area contributed by atoms with Gasteiger partial charge < -0.3 is 15.3 Å². The SMILES string of the molecule is C[C@@H]1CN(C(=O)CCNC(=O)c2ccsc2)C[C@H]1C(=O)O. The van der Waals surface area contributed by atoms with Crippen molar-refractivity contribution >= 4 is 29.1 Å². The molecule has 2 N–H and O–H groups in total. The first kappa shape index (κ1) is 15.5. The molecule has 21 heavy (non-hydrogen) atoms. The van der Waals surface area contributed by atoms with Crippen LogP contribution in [0.4, 0.5) is 0 Å². The second kappa shape index (κ2) is 6.71. The van der Waals surface area contributed by atoms with E-state index in [4.69, 9.17) is 5.11 Å². The van der Waals surface area contributed by atoms with Crippen molar-refractivity contribution in [2.24, 2.45) is 11.8 Å². The highest BCUT2D eigenvalue weighted by Gasteiger charge is 2.36. The van der Waals surface area contributed by atoms with Crippen molar-refractivity contribution in [1.29, 1.82) is 0 Å². The van der Waals surface area contributed by atoms with Gasteiger partial charge in [0.2, 0.25) is 5.91 Å². The molecule has 0 aromatic carbocycles. The Balaban J connectivity index is 1.75. The van der Waals surface area contributed by atoms with Crippen LogP contribution in [-0.2, 0) is 9.59 Å². The van der Waals surface area contributed by atoms with Gasteiger partial charge in [-0.25, -0.2) is 0 Å². The van der Waals surface area contributed by atoms with Gasteiger partial charge in [0.15, 0.2) is 0 Å². The molecule has 0 radical (unpaired) electrons. The molecule has 0 bridgehead atoms. The monoisotopic (exact) mass is 310 g/mol. The maximum absolute atomic E-state index is 12.0. The van der Waals surface area contributed by atoms with Gasteiger partial charge in [0.1, 0.15) is 0 Å². The lowest BCUT2D eigenvalue weighted by Gasteiger charge is -2.15. The number of carboxylic acid groups (broad SMARTS) is 1. The van der Waals surface area contributed by atoms with Gasteiger partial charge in [-0.05, 0) is 17.4 Å². The summed E-state index contributed by atoms with van der Waals surface area (Å²) in [6, 6.07) is 1.72. The molecule has 0 spiro atoms. The van der Waals surface area contributed by atoms with Crippen LogP contribution < -0.4 is 5.32 Å². The standard InChI is InChI=1S/C14H18N2O4S/c1-9-6-16(7-11(9)14(19)20)12(17)2-4-15-13(18)10-3-5-21-8-10/h3,5,8-9,11H,2,4,6-7H2,1H3,(H,15,18)(H,19,20)/t9-,11-/m1/s1. The van der Waals surface area contributed by atoms with E-state index in [1.54, 1.807) is 16.3 Å². The molecular formula is C14H18N2O4S. The summed E-state index contributed by atoms with van der Waals surface area (Å²) in [4.78, 5) is 36.3. The second-order valence-corrected chi connectivity index (χ2v) is 6.02. The third-order valence-corrected chi connectivity index (χ3v) is 4.37. The Kier molecular flexibility index (Phi) is 4.95. The lowest BCUT2D eigenvalue weighted by Crippen LogP contribution is -2.33. The van der Waals surface area contributed by atoms with Crippen LogP contribution in [0, 0.1) is 11.8 Å². The lowest BCUT2D eigenvalue weighted by atomic mass is 9.99. The molecule has 1 aromatic heterocycles. The van der Waals surface area contributed by atoms with E-state index in [1.165, 1.54) is 11.3 Å². The zero-order chi connectivity index (χ0) is 15.4. The van der Waals surface area contributed by atoms with Crippen LogP contribution in [0.5, 0.6) is 0 Å². The minimum atomic E-state index is -0.858. The highest BCUT2D eigenvalue weighted by atomic mass is 32.1. The van der Waals surface area contributed by atoms with Crippen molar-refractivity contribution < 1.29 is 19.5 Å². The number of hydrogen-bond acceptors (Lipinski definition) is 4. The molecule has 2 atom stereocenters. The third kappa shape index (κ3) is 3.81. The van der Waals surface area contributed by atoms with E-state index in [9.17, 15) is 14.4 Å². The Labute approximate surface area is 126 Å². The number of aliphatic carboxylic acids is 1. The average molecular weight is 310 g/mol. The van der Waals surface area contributed by atoms with Crippen LogP contribution in [0.3, 0.4) is 0 Å². The summed E-state index contributed by atoms with van der Waals surface area (Å²) >= 11 is 1.44. The van der Waals surface area contributed by atoms with Crippen molar-refractivity contribution in [3.63, 3.8) is 0 Å². The van der Waals surface area contributed by atoms with Crippen molar-refractivity contribution in [3.05, 3.63) is 22.4 Å². The molecule has 0 unspecified atom stereocenters. The molecule has 1 aliphatic rings. The first-order valence-corrected chi connectivity index (χ1v) is 7.74. The van der Waals surface area contributed by atoms with E-state index in [0.717, 1.165) is 0 Å². The van der Waals surface area contributed by atoms with E-state index in [2.05, 4.69) is 5.32 Å². The maximum Gasteiger partial charge on any atom is 0.308 e. The Morgan fingerprint density at radius 2 is 2.19 bits per heavy atom. The fraction of sp³-hybridized carbons (Fsp3) is 0.500. The molecule has 6 nitrogen and oxygen atoms in total. The zero-order valence-corrected chi connectivity index (χ0v) is 12.6. The number of carboxylic acids is 1. The number of carbonyl (C=O) groups excluding carboxylic acids is 2. The first-order chi connectivity index (χ1) is 9.99. The molecule has 2 rings (SSSR count). The summed E-state index contributed by atoms with van der Waals surface area (Å²) in [6.07, 6.45) is 0.189. The van der Waals surface area contributed by atoms with E-state index in [1.807, 2.05) is 12.3 Å². The molecule has 114 valence electrons. The Morgan fingerprint density at radius 3 is 2.76 bits per heavy atom. The van der Waals surface area contributed by atoms with Gasteiger partial charge in [0, 0.05) is 37.0 Å². The number of nitrogens with zero attached hydrogens (tertiary/aromatic N) is 1. The number of likely N-dealkylation sites (tertiary alicyclic amines) is 1. The van der Waals surface area contributed by atoms with Crippen LogP contribution in [0.1, 0.15) is 23.7 Å². The topological polar surface area (TPSA) is 86.7 Å². The lowest BCUT2D eigenvalue weighted by molar-refractivity contribution is -0.142. The zero-order valence-electron chi connectivity index (χ0n) is 11.7. The van der Waals surface area contributed by atoms with Crippen LogP contribution in [0.25, 0.3) is 0 Å². The Morgan fingerprint density at radius 1 is 1.43 bits per heavy atom. The largest absolute Gasteiger partial charge is 0.481 e. The van der Waals surface area contributed by atoms with Crippen LogP contribution in [0.15, 0.2) is 16.8 Å². The van der Waals surface area contributed by atoms with Crippen molar-refractivity contribution in [2.45, 2.75) is 13.3 Å². The molecule has 1 aromatic rings. The first-order valence-electron chi connectivity index (χ1n) is 6.80. The number of thiophene rings is 1. The molecule has 2 heterocycles. The van der Waals surface area contributed by atoms with Gasteiger partial charge in [0.25, 0.3) is 5.91 Å². The Bertz CT molecular complexity index is 529. The summed E-state index contributed by atoms with van der Waals surface area (Å²) in [5, 5.41) is 15.3. The number of rotatable bonds is 5. The molecule has 1 aliphatic heterocycles. The highest BCUT2D eigenvalue weighted by Crippen LogP contribution is 2.23. The number of amides is 2.